The maximum Gasteiger partial charge on any atom is 0.305 e. The molecule has 1 rings (SSSR count). The van der Waals surface area contributed by atoms with Crippen molar-refractivity contribution in [3.8, 4) is 0 Å². The van der Waals surface area contributed by atoms with E-state index in [1.54, 1.807) is 0 Å². The Bertz CT molecular complexity index is 336. The fourth-order valence-corrected chi connectivity index (χ4v) is 2.30. The molecule has 7 heteroatoms. The van der Waals surface area contributed by atoms with Gasteiger partial charge in [-0.3, -0.25) is 4.79 Å². The van der Waals surface area contributed by atoms with Crippen LogP contribution in [-0.2, 0) is 19.0 Å². The van der Waals surface area contributed by atoms with Gasteiger partial charge < -0.3 is 29.5 Å². The minimum Gasteiger partial charge on any atom is -0.463 e. The Kier molecular flexibility index (Phi) is 9.66. The van der Waals surface area contributed by atoms with Crippen LogP contribution in [0.3, 0.4) is 0 Å². The third-order valence-electron chi connectivity index (χ3n) is 3.84. The number of hydrogen-bond donors (Lipinski definition) is 3. The van der Waals surface area contributed by atoms with Crippen LogP contribution >= 0.6 is 0 Å². The van der Waals surface area contributed by atoms with Crippen LogP contribution in [0.1, 0.15) is 52.4 Å². The van der Waals surface area contributed by atoms with E-state index in [0.29, 0.717) is 13.0 Å². The van der Waals surface area contributed by atoms with E-state index >= 15 is 0 Å². The van der Waals surface area contributed by atoms with E-state index < -0.39 is 30.7 Å². The van der Waals surface area contributed by atoms with Crippen molar-refractivity contribution in [1.29, 1.82) is 0 Å². The first-order chi connectivity index (χ1) is 11.0. The van der Waals surface area contributed by atoms with E-state index in [2.05, 4.69) is 0 Å². The lowest BCUT2D eigenvalue weighted by molar-refractivity contribution is -0.301. The molecule has 0 spiro atoms. The zero-order chi connectivity index (χ0) is 17.2. The standard InChI is InChI=1S/C16H30O7/c1-3-5-7-8-12(17)22-10-11-13(18)14(19)15(20)16(23-11)21-9-6-4-2/h11,13-16,18-20H,3-10H2,1-2H3/t11-,13-,14+,15-,16?/m1/s1. The average molecular weight is 334 g/mol. The van der Waals surface area contributed by atoms with Gasteiger partial charge >= 0.3 is 5.97 Å². The lowest BCUT2D eigenvalue weighted by Gasteiger charge is -2.39. The Morgan fingerprint density at radius 2 is 1.70 bits per heavy atom. The molecule has 0 aromatic carbocycles. The van der Waals surface area contributed by atoms with Gasteiger partial charge in [0.2, 0.25) is 0 Å². The smallest absolute Gasteiger partial charge is 0.305 e. The molecule has 1 aliphatic heterocycles. The fourth-order valence-electron chi connectivity index (χ4n) is 2.30. The first kappa shape index (κ1) is 20.3. The van der Waals surface area contributed by atoms with Crippen molar-refractivity contribution >= 4 is 5.97 Å². The number of carbonyl (C=O) groups is 1. The second kappa shape index (κ2) is 10.9. The first-order valence-electron chi connectivity index (χ1n) is 8.48. The van der Waals surface area contributed by atoms with Gasteiger partial charge in [0.25, 0.3) is 0 Å². The largest absolute Gasteiger partial charge is 0.463 e. The van der Waals surface area contributed by atoms with Gasteiger partial charge in [0.1, 0.15) is 31.0 Å². The first-order valence-corrected chi connectivity index (χ1v) is 8.48. The molecule has 0 aromatic heterocycles. The predicted molar refractivity (Wildman–Crippen MR) is 82.6 cm³/mol. The molecule has 0 bridgehead atoms. The van der Waals surface area contributed by atoms with Crippen LogP contribution < -0.4 is 0 Å². The summed E-state index contributed by atoms with van der Waals surface area (Å²) in [4.78, 5) is 11.6. The van der Waals surface area contributed by atoms with Crippen molar-refractivity contribution in [2.45, 2.75) is 83.1 Å². The minimum atomic E-state index is -1.40. The molecule has 0 radical (unpaired) electrons. The van der Waals surface area contributed by atoms with E-state index in [9.17, 15) is 20.1 Å². The van der Waals surface area contributed by atoms with E-state index in [0.717, 1.165) is 32.1 Å². The van der Waals surface area contributed by atoms with Gasteiger partial charge in [-0.2, -0.15) is 0 Å². The molecular weight excluding hydrogens is 304 g/mol. The van der Waals surface area contributed by atoms with E-state index in [1.165, 1.54) is 0 Å². The molecule has 0 saturated carbocycles. The molecule has 0 aliphatic carbocycles. The topological polar surface area (TPSA) is 105 Å². The normalized spacial score (nSPS) is 31.1. The number of aliphatic hydroxyl groups is 3. The Hall–Kier alpha value is -0.730. The number of carbonyl (C=O) groups excluding carboxylic acids is 1. The van der Waals surface area contributed by atoms with Crippen molar-refractivity contribution in [2.75, 3.05) is 13.2 Å². The number of aliphatic hydroxyl groups excluding tert-OH is 3. The molecule has 23 heavy (non-hydrogen) atoms. The van der Waals surface area contributed by atoms with Crippen molar-refractivity contribution in [3.63, 3.8) is 0 Å². The molecule has 136 valence electrons. The second-order valence-electron chi connectivity index (χ2n) is 5.88. The number of ether oxygens (including phenoxy) is 3. The van der Waals surface area contributed by atoms with Crippen LogP contribution in [0.4, 0.5) is 0 Å². The van der Waals surface area contributed by atoms with Crippen molar-refractivity contribution < 1.29 is 34.3 Å². The van der Waals surface area contributed by atoms with Gasteiger partial charge in [-0.05, 0) is 12.8 Å². The summed E-state index contributed by atoms with van der Waals surface area (Å²) in [5.41, 5.74) is 0. The minimum absolute atomic E-state index is 0.177. The Balaban J connectivity index is 2.44. The zero-order valence-corrected chi connectivity index (χ0v) is 14.0. The Morgan fingerprint density at radius 1 is 1.00 bits per heavy atom. The van der Waals surface area contributed by atoms with Crippen LogP contribution in [0.5, 0.6) is 0 Å². The Labute approximate surface area is 137 Å². The monoisotopic (exact) mass is 334 g/mol. The average Bonchev–Trinajstić information content (AvgIpc) is 2.54. The highest BCUT2D eigenvalue weighted by atomic mass is 16.7. The van der Waals surface area contributed by atoms with Crippen LogP contribution in [-0.4, -0.2) is 65.2 Å². The SMILES string of the molecule is CCCCCC(=O)OC[C@H]1OC(OCCCC)[C@H](O)[C@@H](O)[C@@H]1O. The summed E-state index contributed by atoms with van der Waals surface area (Å²) in [6.45, 7) is 4.25. The molecule has 1 saturated heterocycles. The van der Waals surface area contributed by atoms with Crippen molar-refractivity contribution in [1.82, 2.24) is 0 Å². The number of rotatable bonds is 10. The van der Waals surface area contributed by atoms with Crippen LogP contribution in [0.25, 0.3) is 0 Å². The summed E-state index contributed by atoms with van der Waals surface area (Å²) in [6.07, 6.45) is -1.27. The third-order valence-corrected chi connectivity index (χ3v) is 3.84. The van der Waals surface area contributed by atoms with Crippen molar-refractivity contribution in [3.05, 3.63) is 0 Å². The number of esters is 1. The molecular formula is C16H30O7. The van der Waals surface area contributed by atoms with Gasteiger partial charge in [0, 0.05) is 13.0 Å². The fraction of sp³-hybridized carbons (Fsp3) is 0.938. The summed E-state index contributed by atoms with van der Waals surface area (Å²) in [7, 11) is 0. The third kappa shape index (κ3) is 6.73. The lowest BCUT2D eigenvalue weighted by Crippen LogP contribution is -2.59. The zero-order valence-electron chi connectivity index (χ0n) is 14.0. The van der Waals surface area contributed by atoms with Crippen LogP contribution in [0.2, 0.25) is 0 Å². The summed E-state index contributed by atoms with van der Waals surface area (Å²) in [5, 5.41) is 29.7. The Morgan fingerprint density at radius 3 is 2.35 bits per heavy atom. The van der Waals surface area contributed by atoms with Gasteiger partial charge in [-0.15, -0.1) is 0 Å². The lowest BCUT2D eigenvalue weighted by atomic mass is 9.99. The highest BCUT2D eigenvalue weighted by Gasteiger charge is 2.44. The number of unbranched alkanes of at least 4 members (excludes halogenated alkanes) is 3. The van der Waals surface area contributed by atoms with Gasteiger partial charge in [0.05, 0.1) is 0 Å². The molecule has 0 amide bonds. The van der Waals surface area contributed by atoms with Gasteiger partial charge in [0.15, 0.2) is 6.29 Å². The molecule has 7 nitrogen and oxygen atoms in total. The molecule has 1 unspecified atom stereocenters. The molecule has 1 heterocycles. The second-order valence-corrected chi connectivity index (χ2v) is 5.88. The molecule has 1 aliphatic rings. The van der Waals surface area contributed by atoms with Crippen LogP contribution in [0, 0.1) is 0 Å². The predicted octanol–water partition coefficient (Wildman–Crippen LogP) is 0.734. The van der Waals surface area contributed by atoms with Gasteiger partial charge in [-0.25, -0.2) is 0 Å². The van der Waals surface area contributed by atoms with E-state index in [4.69, 9.17) is 14.2 Å². The molecule has 3 N–H and O–H groups in total. The summed E-state index contributed by atoms with van der Waals surface area (Å²) < 4.78 is 15.9. The molecule has 0 aromatic rings. The van der Waals surface area contributed by atoms with E-state index in [1.807, 2.05) is 13.8 Å². The molecule has 1 fully saturated rings. The molecule has 5 atom stereocenters. The number of hydrogen-bond acceptors (Lipinski definition) is 7. The van der Waals surface area contributed by atoms with Crippen molar-refractivity contribution in [2.24, 2.45) is 0 Å². The highest BCUT2D eigenvalue weighted by Crippen LogP contribution is 2.22. The summed E-state index contributed by atoms with van der Waals surface area (Å²) in [6, 6.07) is 0. The maximum atomic E-state index is 11.6. The quantitative estimate of drug-likeness (QED) is 0.399. The van der Waals surface area contributed by atoms with E-state index in [-0.39, 0.29) is 12.6 Å². The summed E-state index contributed by atoms with van der Waals surface area (Å²) in [5.74, 6) is -0.363. The summed E-state index contributed by atoms with van der Waals surface area (Å²) >= 11 is 0. The maximum absolute atomic E-state index is 11.6. The highest BCUT2D eigenvalue weighted by molar-refractivity contribution is 5.69. The van der Waals surface area contributed by atoms with Crippen LogP contribution in [0.15, 0.2) is 0 Å². The van der Waals surface area contributed by atoms with Gasteiger partial charge in [-0.1, -0.05) is 33.1 Å².